The van der Waals surface area contributed by atoms with Crippen LogP contribution in [0.15, 0.2) is 60.7 Å². The molecule has 1 aliphatic heterocycles. The van der Waals surface area contributed by atoms with E-state index in [1.165, 1.54) is 0 Å². The molecule has 0 saturated carbocycles. The van der Waals surface area contributed by atoms with Crippen LogP contribution in [0.4, 0.5) is 9.80 Å². The Hall–Kier alpha value is -3.30. The Morgan fingerprint density at radius 2 is 1.83 bits per heavy atom. The van der Waals surface area contributed by atoms with Crippen molar-refractivity contribution in [3.63, 3.8) is 0 Å². The molecule has 1 aliphatic rings. The summed E-state index contributed by atoms with van der Waals surface area (Å²) in [6.45, 7) is 2.32. The Morgan fingerprint density at radius 3 is 2.60 bits per heavy atom. The fourth-order valence-electron chi connectivity index (χ4n) is 3.37. The number of carbonyl (C=O) groups is 2. The molecule has 9 heteroatoms. The number of rotatable bonds is 5. The summed E-state index contributed by atoms with van der Waals surface area (Å²) in [5.41, 5.74) is 2.16. The molecule has 3 amide bonds. The minimum atomic E-state index is -0.372. The first-order chi connectivity index (χ1) is 14.7. The lowest BCUT2D eigenvalue weighted by Gasteiger charge is -2.36. The van der Waals surface area contributed by atoms with Crippen molar-refractivity contribution in [2.75, 3.05) is 25.0 Å². The summed E-state index contributed by atoms with van der Waals surface area (Å²) in [7, 11) is 0. The van der Waals surface area contributed by atoms with E-state index >= 15 is 0 Å². The molecule has 0 aliphatic carbocycles. The number of piperazine rings is 1. The fourth-order valence-corrected chi connectivity index (χ4v) is 3.93. The highest BCUT2D eigenvalue weighted by Crippen LogP contribution is 2.25. The average molecular weight is 423 g/mol. The highest BCUT2D eigenvalue weighted by atomic mass is 32.1. The van der Waals surface area contributed by atoms with Crippen LogP contribution < -0.4 is 16.0 Å². The molecular formula is C21H22N6O2S. The number of hydrogen-bond donors (Lipinski definition) is 3. The molecular weight excluding hydrogens is 400 g/mol. The second-order valence-electron chi connectivity index (χ2n) is 6.87. The van der Waals surface area contributed by atoms with Crippen molar-refractivity contribution in [1.82, 2.24) is 25.1 Å². The molecule has 1 fully saturated rings. The van der Waals surface area contributed by atoms with Gasteiger partial charge in [-0.05, 0) is 11.1 Å². The quantitative estimate of drug-likeness (QED) is 0.587. The third kappa shape index (κ3) is 4.64. The summed E-state index contributed by atoms with van der Waals surface area (Å²) in [6, 6.07) is 19.1. The van der Waals surface area contributed by atoms with Crippen molar-refractivity contribution >= 4 is 28.5 Å². The molecule has 0 bridgehead atoms. The van der Waals surface area contributed by atoms with Crippen molar-refractivity contribution < 1.29 is 9.59 Å². The molecule has 154 valence electrons. The normalized spacial score (nSPS) is 16.1. The number of carbonyl (C=O) groups excluding carboxylic acids is 2. The molecule has 2 aromatic carbocycles. The maximum atomic E-state index is 13.0. The van der Waals surface area contributed by atoms with E-state index in [1.54, 1.807) is 4.90 Å². The van der Waals surface area contributed by atoms with Gasteiger partial charge in [-0.3, -0.25) is 10.1 Å². The largest absolute Gasteiger partial charge is 0.346 e. The van der Waals surface area contributed by atoms with Crippen LogP contribution in [0.1, 0.15) is 27.7 Å². The van der Waals surface area contributed by atoms with Gasteiger partial charge in [-0.2, -0.15) is 0 Å². The van der Waals surface area contributed by atoms with Crippen LogP contribution in [0.2, 0.25) is 0 Å². The Labute approximate surface area is 178 Å². The number of nitrogens with zero attached hydrogens (tertiary/aromatic N) is 3. The molecule has 1 aromatic heterocycles. The van der Waals surface area contributed by atoms with Gasteiger partial charge in [0.15, 0.2) is 10.7 Å². The van der Waals surface area contributed by atoms with Gasteiger partial charge in [-0.15, -0.1) is 5.10 Å². The highest BCUT2D eigenvalue weighted by Gasteiger charge is 2.29. The molecule has 0 spiro atoms. The Balaban J connectivity index is 1.43. The number of aromatic nitrogens is 2. The molecule has 8 nitrogen and oxygen atoms in total. The van der Waals surface area contributed by atoms with Crippen LogP contribution in [0.3, 0.4) is 0 Å². The number of amides is 3. The van der Waals surface area contributed by atoms with Crippen LogP contribution in [0.5, 0.6) is 0 Å². The number of benzene rings is 2. The minimum absolute atomic E-state index is 0.0869. The van der Waals surface area contributed by atoms with E-state index in [-0.39, 0.29) is 23.7 Å². The van der Waals surface area contributed by atoms with Gasteiger partial charge in [-0.1, -0.05) is 65.2 Å². The van der Waals surface area contributed by atoms with E-state index < -0.39 is 0 Å². The van der Waals surface area contributed by atoms with Gasteiger partial charge in [0, 0.05) is 37.7 Å². The van der Waals surface area contributed by atoms with Crippen LogP contribution in [0.25, 0.3) is 0 Å². The van der Waals surface area contributed by atoms with Gasteiger partial charge < -0.3 is 15.5 Å². The van der Waals surface area contributed by atoms with E-state index in [2.05, 4.69) is 25.5 Å². The number of anilines is 1. The summed E-state index contributed by atoms with van der Waals surface area (Å²) < 4.78 is 3.86. The average Bonchev–Trinajstić information content (AvgIpc) is 3.27. The van der Waals surface area contributed by atoms with Gasteiger partial charge in [0.2, 0.25) is 0 Å². The molecule has 30 heavy (non-hydrogen) atoms. The molecule has 2 heterocycles. The van der Waals surface area contributed by atoms with Gasteiger partial charge in [0.05, 0.1) is 6.04 Å². The SMILES string of the molecule is O=C(NCc1ccccc1)c1nnsc1NC(=O)N1CCNCC1c1ccccc1. The van der Waals surface area contributed by atoms with Gasteiger partial charge in [0.1, 0.15) is 0 Å². The second kappa shape index (κ2) is 9.47. The van der Waals surface area contributed by atoms with Gasteiger partial charge in [0.25, 0.3) is 5.91 Å². The topological polar surface area (TPSA) is 99.2 Å². The summed E-state index contributed by atoms with van der Waals surface area (Å²) in [5.74, 6) is -0.372. The lowest BCUT2D eigenvalue weighted by atomic mass is 10.0. The Bertz CT molecular complexity index is 995. The van der Waals surface area contributed by atoms with E-state index in [4.69, 9.17) is 0 Å². The predicted molar refractivity (Wildman–Crippen MR) is 115 cm³/mol. The number of hydrogen-bond acceptors (Lipinski definition) is 6. The second-order valence-corrected chi connectivity index (χ2v) is 7.63. The first-order valence-corrected chi connectivity index (χ1v) is 10.5. The third-order valence-corrected chi connectivity index (χ3v) is 5.55. The molecule has 0 radical (unpaired) electrons. The van der Waals surface area contributed by atoms with Gasteiger partial charge in [-0.25, -0.2) is 4.79 Å². The van der Waals surface area contributed by atoms with Crippen molar-refractivity contribution in [1.29, 1.82) is 0 Å². The maximum Gasteiger partial charge on any atom is 0.323 e. The van der Waals surface area contributed by atoms with Gasteiger partial charge >= 0.3 is 6.03 Å². The predicted octanol–water partition coefficient (Wildman–Crippen LogP) is 2.65. The lowest BCUT2D eigenvalue weighted by Crippen LogP contribution is -2.50. The standard InChI is InChI=1S/C21H22N6O2S/c28-19(23-13-15-7-3-1-4-8-15)18-20(30-26-25-18)24-21(29)27-12-11-22-14-17(27)16-9-5-2-6-10-16/h1-10,17,22H,11-14H2,(H,23,28)(H,24,29). The first-order valence-electron chi connectivity index (χ1n) is 9.70. The zero-order chi connectivity index (χ0) is 20.8. The monoisotopic (exact) mass is 422 g/mol. The van der Waals surface area contributed by atoms with Crippen molar-refractivity contribution in [3.8, 4) is 0 Å². The molecule has 3 aromatic rings. The minimum Gasteiger partial charge on any atom is -0.346 e. The van der Waals surface area contributed by atoms with Crippen LogP contribution >= 0.6 is 11.5 Å². The molecule has 3 N–H and O–H groups in total. The highest BCUT2D eigenvalue weighted by molar-refractivity contribution is 7.10. The first kappa shape index (κ1) is 20.0. The maximum absolute atomic E-state index is 13.0. The third-order valence-electron chi connectivity index (χ3n) is 4.91. The van der Waals surface area contributed by atoms with E-state index in [1.807, 2.05) is 60.7 Å². The summed E-state index contributed by atoms with van der Waals surface area (Å²) in [5, 5.41) is 13.2. The lowest BCUT2D eigenvalue weighted by molar-refractivity contribution is 0.0946. The van der Waals surface area contributed by atoms with E-state index in [9.17, 15) is 9.59 Å². The zero-order valence-corrected chi connectivity index (χ0v) is 17.1. The van der Waals surface area contributed by atoms with Crippen molar-refractivity contribution in [2.24, 2.45) is 0 Å². The van der Waals surface area contributed by atoms with E-state index in [0.29, 0.717) is 31.2 Å². The number of nitrogens with one attached hydrogen (secondary N) is 3. The Morgan fingerprint density at radius 1 is 1.10 bits per heavy atom. The fraction of sp³-hybridized carbons (Fsp3) is 0.238. The van der Waals surface area contributed by atoms with Crippen LogP contribution in [0, 0.1) is 0 Å². The number of urea groups is 1. The summed E-state index contributed by atoms with van der Waals surface area (Å²) in [6.07, 6.45) is 0. The molecule has 4 rings (SSSR count). The Kier molecular flexibility index (Phi) is 6.31. The van der Waals surface area contributed by atoms with Crippen molar-refractivity contribution in [2.45, 2.75) is 12.6 Å². The zero-order valence-electron chi connectivity index (χ0n) is 16.2. The summed E-state index contributed by atoms with van der Waals surface area (Å²) >= 11 is 0.993. The van der Waals surface area contributed by atoms with Crippen LogP contribution in [-0.4, -0.2) is 46.1 Å². The molecule has 1 saturated heterocycles. The molecule has 1 unspecified atom stereocenters. The molecule has 1 atom stereocenters. The van der Waals surface area contributed by atoms with Crippen LogP contribution in [-0.2, 0) is 6.54 Å². The smallest absolute Gasteiger partial charge is 0.323 e. The van der Waals surface area contributed by atoms with E-state index in [0.717, 1.165) is 22.7 Å². The summed E-state index contributed by atoms with van der Waals surface area (Å²) in [4.78, 5) is 27.3. The van der Waals surface area contributed by atoms with Crippen molar-refractivity contribution in [3.05, 3.63) is 77.5 Å².